The third kappa shape index (κ3) is 10.1. The molecule has 0 spiro atoms. The van der Waals surface area contributed by atoms with Gasteiger partial charge in [-0.25, -0.2) is 0 Å². The molecule has 0 saturated carbocycles. The summed E-state index contributed by atoms with van der Waals surface area (Å²) in [6.07, 6.45) is 0. The fraction of sp³-hybridized carbons (Fsp3) is 0. The molecule has 0 heterocycles. The zero-order valence-electron chi connectivity index (χ0n) is 1.98. The van der Waals surface area contributed by atoms with Gasteiger partial charge in [0.1, 0.15) is 0 Å². The molecule has 34 valence electrons. The average Bonchev–Trinajstić information content (AvgIpc) is 1.38. The molecule has 0 saturated heterocycles. The van der Waals surface area contributed by atoms with Gasteiger partial charge < -0.3 is 6.87 Å². The van der Waals surface area contributed by atoms with Gasteiger partial charge in [-0.2, -0.15) is 0 Å². The van der Waals surface area contributed by atoms with Crippen LogP contribution >= 0.6 is 23.0 Å². The summed E-state index contributed by atoms with van der Waals surface area (Å²) in [5.74, 6) is 0. The zero-order valence-corrected chi connectivity index (χ0v) is 6.30. The van der Waals surface area contributed by atoms with Crippen LogP contribution in [0.4, 0.5) is 0 Å². The quantitative estimate of drug-likeness (QED) is 0.354. The van der Waals surface area contributed by atoms with Crippen molar-refractivity contribution in [1.82, 2.24) is 0 Å². The van der Waals surface area contributed by atoms with Gasteiger partial charge in [0.25, 0.3) is 0 Å². The maximum absolute atomic E-state index is 9.27. The van der Waals surface area contributed by atoms with Crippen LogP contribution in [0.1, 0.15) is 0 Å². The molecule has 0 aliphatic heterocycles. The maximum atomic E-state index is 9.27. The summed E-state index contributed by atoms with van der Waals surface area (Å²) in [6, 6.07) is 0. The van der Waals surface area contributed by atoms with E-state index in [9.17, 15) is 6.87 Å². The second-order valence-electron chi connectivity index (χ2n) is 0.247. The summed E-state index contributed by atoms with van der Waals surface area (Å²) in [5.41, 5.74) is 0. The van der Waals surface area contributed by atoms with E-state index in [0.29, 0.717) is 0 Å². The standard InChI is InChI=1S/I2O3.K.H/c1-5-2(3)4;;. The third-order valence-electron chi connectivity index (χ3n) is 0.0476. The first-order chi connectivity index (χ1) is 2.27. The molecule has 0 bridgehead atoms. The topological polar surface area (TPSA) is 55.3 Å². The van der Waals surface area contributed by atoms with Gasteiger partial charge in [-0.05, 0) is 0 Å². The van der Waals surface area contributed by atoms with Gasteiger partial charge in [-0.15, -0.1) is 0 Å². The predicted molar refractivity (Wildman–Crippen MR) is 22.3 cm³/mol. The van der Waals surface area contributed by atoms with Crippen LogP contribution in [-0.2, 0) is 1.40 Å². The normalized spacial score (nSPS) is 8.00. The van der Waals surface area contributed by atoms with Crippen molar-refractivity contribution in [3.05, 3.63) is 0 Å². The number of halogens is 2. The minimum absolute atomic E-state index is 0. The molecule has 0 rings (SSSR count). The van der Waals surface area contributed by atoms with E-state index in [0.717, 1.165) is 0 Å². The summed E-state index contributed by atoms with van der Waals surface area (Å²) in [7, 11) is 0. The van der Waals surface area contributed by atoms with Gasteiger partial charge >= 0.3 is 72.4 Å². The number of rotatable bonds is 1. The van der Waals surface area contributed by atoms with Crippen LogP contribution < -0.4 is 27.9 Å². The van der Waals surface area contributed by atoms with Crippen molar-refractivity contribution >= 4 is 74.4 Å². The minimum Gasteiger partial charge on any atom is -0.395 e. The monoisotopic (exact) mass is 342 g/mol. The van der Waals surface area contributed by atoms with E-state index in [1.807, 2.05) is 0 Å². The molecule has 0 fully saturated rings. The van der Waals surface area contributed by atoms with Crippen molar-refractivity contribution in [2.45, 2.75) is 0 Å². The number of hydrogen-bond donors (Lipinski definition) is 0. The molecule has 0 aliphatic rings. The van der Waals surface area contributed by atoms with Crippen LogP contribution in [-0.4, -0.2) is 51.4 Å². The molecule has 0 atom stereocenters. The van der Waals surface area contributed by atoms with E-state index >= 15 is 0 Å². The molecular weight excluding hydrogens is 341 g/mol. The maximum Gasteiger partial charge on any atom is 0.518 e. The van der Waals surface area contributed by atoms with Crippen molar-refractivity contribution in [2.75, 3.05) is 0 Å². The summed E-state index contributed by atoms with van der Waals surface area (Å²) in [6.45, 7) is 0. The fourth-order valence-electron chi connectivity index (χ4n) is 0. The Morgan fingerprint density at radius 1 is 1.50 bits per heavy atom. The zero-order chi connectivity index (χ0) is 4.28. The van der Waals surface area contributed by atoms with Crippen LogP contribution in [0.25, 0.3) is 0 Å². The largest absolute Gasteiger partial charge is 0.518 e. The summed E-state index contributed by atoms with van der Waals surface area (Å²) < 4.78 is 22.3. The second-order valence-corrected chi connectivity index (χ2v) is 3.89. The second kappa shape index (κ2) is 7.98. The van der Waals surface area contributed by atoms with E-state index in [4.69, 9.17) is 0 Å². The van der Waals surface area contributed by atoms with E-state index in [2.05, 4.69) is 1.40 Å². The predicted octanol–water partition coefficient (Wildman–Crippen LogP) is -5.21. The molecular formula is HI2KO3. The first-order valence-corrected chi connectivity index (χ1v) is 4.14. The summed E-state index contributed by atoms with van der Waals surface area (Å²) >= 11 is -1.97. The molecule has 0 amide bonds. The molecule has 0 aliphatic carbocycles. The smallest absolute Gasteiger partial charge is 0.395 e. The SMILES string of the molecule is [KH].[O-][I+2]([O-])OI. The van der Waals surface area contributed by atoms with Crippen molar-refractivity contribution < 1.29 is 29.3 Å². The Labute approximate surface area is 101 Å². The van der Waals surface area contributed by atoms with Gasteiger partial charge in [0.15, 0.2) is 0 Å². The van der Waals surface area contributed by atoms with Crippen LogP contribution in [0.5, 0.6) is 0 Å². The molecule has 0 aromatic carbocycles. The Hall–Kier alpha value is 2.98. The van der Waals surface area contributed by atoms with Crippen molar-refractivity contribution in [1.29, 1.82) is 0 Å². The van der Waals surface area contributed by atoms with Crippen LogP contribution in [0.2, 0.25) is 0 Å². The van der Waals surface area contributed by atoms with Crippen LogP contribution in [0.15, 0.2) is 0 Å². The van der Waals surface area contributed by atoms with Crippen molar-refractivity contribution in [3.63, 3.8) is 0 Å². The summed E-state index contributed by atoms with van der Waals surface area (Å²) in [5, 5.41) is 0. The first kappa shape index (κ1) is 11.7. The molecule has 0 unspecified atom stereocenters. The van der Waals surface area contributed by atoms with E-state index < -0.39 is 21.1 Å². The van der Waals surface area contributed by atoms with Gasteiger partial charge in [0.05, 0.1) is 0 Å². The Morgan fingerprint density at radius 2 is 1.67 bits per heavy atom. The Bertz CT molecular complexity index is 22.8. The van der Waals surface area contributed by atoms with Crippen molar-refractivity contribution in [2.24, 2.45) is 0 Å². The van der Waals surface area contributed by atoms with Crippen LogP contribution in [0, 0.1) is 0 Å². The van der Waals surface area contributed by atoms with Crippen LogP contribution in [0.3, 0.4) is 0 Å². The molecule has 0 N–H and O–H groups in total. The first-order valence-electron chi connectivity index (χ1n) is 0.617. The third-order valence-corrected chi connectivity index (χ3v) is 2.14. The Kier molecular flexibility index (Phi) is 15.6. The molecule has 0 aromatic rings. The Morgan fingerprint density at radius 3 is 1.67 bits per heavy atom. The molecule has 6 heavy (non-hydrogen) atoms. The van der Waals surface area contributed by atoms with Gasteiger partial charge in [-0.3, -0.25) is 0 Å². The number of hydrogen-bond acceptors (Lipinski definition) is 3. The van der Waals surface area contributed by atoms with Crippen molar-refractivity contribution in [3.8, 4) is 0 Å². The molecule has 6 heteroatoms. The van der Waals surface area contributed by atoms with E-state index in [1.54, 1.807) is 0 Å². The summed E-state index contributed by atoms with van der Waals surface area (Å²) in [4.78, 5) is 0. The minimum atomic E-state index is -3.30. The van der Waals surface area contributed by atoms with E-state index in [1.165, 1.54) is 23.0 Å². The van der Waals surface area contributed by atoms with E-state index in [-0.39, 0.29) is 51.4 Å². The molecule has 0 radical (unpaired) electrons. The van der Waals surface area contributed by atoms with Gasteiger partial charge in [-0.1, -0.05) is 0 Å². The molecule has 3 nitrogen and oxygen atoms in total. The van der Waals surface area contributed by atoms with Gasteiger partial charge in [0, 0.05) is 1.40 Å². The molecule has 0 aromatic heterocycles. The fourth-order valence-corrected chi connectivity index (χ4v) is 0. The average molecular weight is 342 g/mol. The van der Waals surface area contributed by atoms with Gasteiger partial charge in [0.2, 0.25) is 23.0 Å². The Balaban J connectivity index is 0.